The molecule has 0 bridgehead atoms. The maximum absolute atomic E-state index is 5.98. The second-order valence-electron chi connectivity index (χ2n) is 8.55. The molecular weight excluding hydrogens is 318 g/mol. The molecule has 132 valence electrons. The maximum atomic E-state index is 5.98. The first kappa shape index (κ1) is 20.4. The fourth-order valence-electron chi connectivity index (χ4n) is 2.12. The van der Waals surface area contributed by atoms with E-state index in [2.05, 4.69) is 76.8 Å². The lowest BCUT2D eigenvalue weighted by atomic mass is 10.3. The molecule has 0 aliphatic heterocycles. The highest BCUT2D eigenvalue weighted by Crippen LogP contribution is 2.21. The van der Waals surface area contributed by atoms with Crippen LogP contribution in [-0.2, 0) is 8.85 Å². The number of nitrogens with zero attached hydrogens (tertiary/aromatic N) is 1. The van der Waals surface area contributed by atoms with E-state index < -0.39 is 19.5 Å². The summed E-state index contributed by atoms with van der Waals surface area (Å²) in [6.07, 6.45) is 0. The molecule has 0 saturated heterocycles. The minimum Gasteiger partial charge on any atom is -0.422 e. The molecule has 0 atom stereocenters. The van der Waals surface area contributed by atoms with Crippen LogP contribution in [0.25, 0.3) is 0 Å². The molecule has 3 nitrogen and oxygen atoms in total. The molecule has 0 radical (unpaired) electrons. The summed E-state index contributed by atoms with van der Waals surface area (Å²) in [6.45, 7) is 17.1. The zero-order valence-electron chi connectivity index (χ0n) is 15.9. The third-order valence-corrected chi connectivity index (χ3v) is 5.92. The Morgan fingerprint density at radius 1 is 0.783 bits per heavy atom. The molecule has 1 aromatic rings. The summed E-state index contributed by atoms with van der Waals surface area (Å²) in [6, 6.07) is 10.6. The second-order valence-corrected chi connectivity index (χ2v) is 14.2. The van der Waals surface area contributed by atoms with Gasteiger partial charge in [0.05, 0.1) is 13.2 Å². The first-order valence-corrected chi connectivity index (χ1v) is 11.2. The van der Waals surface area contributed by atoms with Crippen LogP contribution in [0.3, 0.4) is 0 Å². The molecular formula is C18H35NO2Si2. The van der Waals surface area contributed by atoms with Crippen molar-refractivity contribution in [3.05, 3.63) is 30.3 Å². The van der Waals surface area contributed by atoms with E-state index in [-0.39, 0.29) is 0 Å². The Morgan fingerprint density at radius 2 is 1.22 bits per heavy atom. The number of hydrogen-bond donors (Lipinski definition) is 0. The quantitative estimate of drug-likeness (QED) is 0.503. The summed E-state index contributed by atoms with van der Waals surface area (Å²) < 4.78 is 12.0. The van der Waals surface area contributed by atoms with Crippen molar-refractivity contribution in [3.63, 3.8) is 0 Å². The van der Waals surface area contributed by atoms with Gasteiger partial charge in [-0.25, -0.2) is 0 Å². The normalized spacial score (nSPS) is 13.5. The molecule has 23 heavy (non-hydrogen) atoms. The number of rotatable bonds is 9. The molecule has 0 N–H and O–H groups in total. The van der Waals surface area contributed by atoms with Crippen LogP contribution in [0.5, 0.6) is 0 Å². The van der Waals surface area contributed by atoms with Gasteiger partial charge in [-0.05, 0) is 22.2 Å². The predicted molar refractivity (Wildman–Crippen MR) is 107 cm³/mol. The smallest absolute Gasteiger partial charge is 0.166 e. The van der Waals surface area contributed by atoms with E-state index in [4.69, 9.17) is 8.85 Å². The Bertz CT molecular complexity index is 405. The van der Waals surface area contributed by atoms with E-state index in [0.717, 1.165) is 26.3 Å². The van der Waals surface area contributed by atoms with Crippen LogP contribution in [0.1, 0.15) is 41.5 Å². The van der Waals surface area contributed by atoms with Gasteiger partial charge in [0.15, 0.2) is 19.5 Å². The van der Waals surface area contributed by atoms with Gasteiger partial charge in [-0.1, -0.05) is 59.7 Å². The van der Waals surface area contributed by atoms with E-state index in [0.29, 0.717) is 10.1 Å². The average molecular weight is 354 g/mol. The van der Waals surface area contributed by atoms with Crippen LogP contribution < -0.4 is 4.90 Å². The highest BCUT2D eigenvalue weighted by atomic mass is 28.2. The molecule has 0 aliphatic carbocycles. The lowest BCUT2D eigenvalue weighted by molar-refractivity contribution is 0.306. The van der Waals surface area contributed by atoms with Gasteiger partial charge in [0, 0.05) is 18.8 Å². The minimum atomic E-state index is -0.466. The number of hydrogen-bond acceptors (Lipinski definition) is 3. The minimum absolute atomic E-state index is 0.360. The topological polar surface area (TPSA) is 21.7 Å². The summed E-state index contributed by atoms with van der Waals surface area (Å²) in [5, 5.41) is 0.720. The Kier molecular flexibility index (Phi) is 8.54. The van der Waals surface area contributed by atoms with Crippen molar-refractivity contribution in [2.24, 2.45) is 0 Å². The zero-order valence-corrected chi connectivity index (χ0v) is 18.7. The zero-order chi connectivity index (χ0) is 17.3. The Balaban J connectivity index is 2.44. The monoisotopic (exact) mass is 353 g/mol. The first-order chi connectivity index (χ1) is 10.7. The van der Waals surface area contributed by atoms with Gasteiger partial charge < -0.3 is 13.8 Å². The van der Waals surface area contributed by atoms with Crippen molar-refractivity contribution in [1.82, 2.24) is 0 Å². The lowest BCUT2D eigenvalue weighted by Gasteiger charge is -2.27. The van der Waals surface area contributed by atoms with Crippen molar-refractivity contribution >= 4 is 25.2 Å². The average Bonchev–Trinajstić information content (AvgIpc) is 2.44. The molecule has 0 aliphatic rings. The second kappa shape index (κ2) is 9.62. The van der Waals surface area contributed by atoms with Crippen molar-refractivity contribution in [2.45, 2.75) is 51.6 Å². The van der Waals surface area contributed by atoms with Crippen LogP contribution in [-0.4, -0.2) is 45.8 Å². The molecule has 1 aromatic carbocycles. The van der Waals surface area contributed by atoms with Crippen molar-refractivity contribution in [1.29, 1.82) is 0 Å². The fraction of sp³-hybridized carbons (Fsp3) is 0.667. The van der Waals surface area contributed by atoms with Crippen LogP contribution in [0.2, 0.25) is 10.1 Å². The molecule has 0 saturated carbocycles. The summed E-state index contributed by atoms with van der Waals surface area (Å²) in [5.74, 6) is 0. The standard InChI is InChI=1S/C18H35NO2Si2/c1-17(2,3)22-20-14-12-19(16-10-8-7-9-11-16)13-15-21-23-18(4,5)6/h7-11H,12-15,22-23H2,1-6H3. The van der Waals surface area contributed by atoms with Gasteiger partial charge in [-0.3, -0.25) is 0 Å². The van der Waals surface area contributed by atoms with Crippen LogP contribution in [0, 0.1) is 0 Å². The molecule has 0 heterocycles. The molecule has 0 amide bonds. The van der Waals surface area contributed by atoms with Gasteiger partial charge >= 0.3 is 0 Å². The van der Waals surface area contributed by atoms with E-state index in [1.807, 2.05) is 0 Å². The van der Waals surface area contributed by atoms with Crippen molar-refractivity contribution < 1.29 is 8.85 Å². The third kappa shape index (κ3) is 10.7. The third-order valence-electron chi connectivity index (χ3n) is 3.20. The molecule has 0 fully saturated rings. The Labute approximate surface area is 147 Å². The molecule has 1 rings (SSSR count). The van der Waals surface area contributed by atoms with Crippen molar-refractivity contribution in [3.8, 4) is 0 Å². The summed E-state index contributed by atoms with van der Waals surface area (Å²) in [5.41, 5.74) is 1.26. The number of anilines is 1. The highest BCUT2D eigenvalue weighted by Gasteiger charge is 2.14. The van der Waals surface area contributed by atoms with E-state index in [9.17, 15) is 0 Å². The molecule has 5 heteroatoms. The summed E-state index contributed by atoms with van der Waals surface area (Å²) in [4.78, 5) is 2.38. The molecule has 0 unspecified atom stereocenters. The molecule has 0 spiro atoms. The largest absolute Gasteiger partial charge is 0.422 e. The fourth-order valence-corrected chi connectivity index (χ4v) is 3.89. The SMILES string of the molecule is CC(C)(C)[SiH2]OCCN(CCO[SiH2]C(C)(C)C)c1ccccc1. The summed E-state index contributed by atoms with van der Waals surface area (Å²) in [7, 11) is -0.933. The highest BCUT2D eigenvalue weighted by molar-refractivity contribution is 6.32. The predicted octanol–water partition coefficient (Wildman–Crippen LogP) is 3.13. The van der Waals surface area contributed by atoms with Gasteiger partial charge in [-0.2, -0.15) is 0 Å². The van der Waals surface area contributed by atoms with Crippen LogP contribution in [0.15, 0.2) is 30.3 Å². The van der Waals surface area contributed by atoms with Gasteiger partial charge in [0.25, 0.3) is 0 Å². The Hall–Kier alpha value is -0.626. The number of benzene rings is 1. The van der Waals surface area contributed by atoms with E-state index in [1.54, 1.807) is 0 Å². The first-order valence-electron chi connectivity index (χ1n) is 8.63. The van der Waals surface area contributed by atoms with Gasteiger partial charge in [-0.15, -0.1) is 0 Å². The summed E-state index contributed by atoms with van der Waals surface area (Å²) >= 11 is 0. The van der Waals surface area contributed by atoms with Crippen LogP contribution >= 0.6 is 0 Å². The lowest BCUT2D eigenvalue weighted by Crippen LogP contribution is -2.32. The van der Waals surface area contributed by atoms with Crippen LogP contribution in [0.4, 0.5) is 5.69 Å². The van der Waals surface area contributed by atoms with E-state index >= 15 is 0 Å². The maximum Gasteiger partial charge on any atom is 0.166 e. The van der Waals surface area contributed by atoms with Crippen molar-refractivity contribution in [2.75, 3.05) is 31.2 Å². The van der Waals surface area contributed by atoms with Gasteiger partial charge in [0.2, 0.25) is 0 Å². The van der Waals surface area contributed by atoms with E-state index in [1.165, 1.54) is 5.69 Å². The van der Waals surface area contributed by atoms with Gasteiger partial charge in [0.1, 0.15) is 0 Å². The molecule has 0 aromatic heterocycles. The number of para-hydroxylation sites is 1. The Morgan fingerprint density at radius 3 is 1.61 bits per heavy atom.